The number of anilines is 2. The molecule has 2 aromatic carbocycles. The number of amides is 2. The number of esters is 1. The van der Waals surface area contributed by atoms with Gasteiger partial charge in [0.05, 0.1) is 22.2 Å². The molecule has 1 unspecified atom stereocenters. The van der Waals surface area contributed by atoms with E-state index in [-0.39, 0.29) is 22.4 Å². The number of thioether (sulfide) groups is 1. The first kappa shape index (κ1) is 19.4. The Labute approximate surface area is 167 Å². The number of benzene rings is 2. The summed E-state index contributed by atoms with van der Waals surface area (Å²) < 4.78 is 19.2. The van der Waals surface area contributed by atoms with E-state index in [1.54, 1.807) is 25.1 Å². The van der Waals surface area contributed by atoms with Gasteiger partial charge in [-0.05, 0) is 43.3 Å². The predicted octanol–water partition coefficient (Wildman–Crippen LogP) is 3.82. The summed E-state index contributed by atoms with van der Waals surface area (Å²) in [6.07, 6.45) is 0. The molecule has 1 aliphatic rings. The molecule has 0 saturated heterocycles. The third-order valence-electron chi connectivity index (χ3n) is 3.69. The number of hydrogen-bond donors (Lipinski definition) is 2. The fourth-order valence-corrected chi connectivity index (χ4v) is 3.59. The van der Waals surface area contributed by atoms with E-state index in [4.69, 9.17) is 4.74 Å². The zero-order chi connectivity index (χ0) is 19.6. The first-order valence-electron chi connectivity index (χ1n) is 7.87. The standard InChI is InChI=1S/C18H14BrFN2O4S/c1-9-17(24)22-14-6-10(2-5-15(14)27-9)18(25)26-8-16(23)21-13-4-3-11(19)7-12(13)20/h2-7,9H,8H2,1H3,(H,21,23)(H,22,24). The number of nitrogens with one attached hydrogen (secondary N) is 2. The summed E-state index contributed by atoms with van der Waals surface area (Å²) in [7, 11) is 0. The van der Waals surface area contributed by atoms with Crippen LogP contribution >= 0.6 is 27.7 Å². The zero-order valence-corrected chi connectivity index (χ0v) is 16.4. The number of hydrogen-bond acceptors (Lipinski definition) is 5. The molecule has 1 aliphatic heterocycles. The van der Waals surface area contributed by atoms with Crippen LogP contribution in [0.4, 0.5) is 15.8 Å². The van der Waals surface area contributed by atoms with Gasteiger partial charge in [-0.2, -0.15) is 0 Å². The molecule has 0 radical (unpaired) electrons. The Morgan fingerprint density at radius 1 is 1.30 bits per heavy atom. The van der Waals surface area contributed by atoms with Crippen molar-refractivity contribution in [2.45, 2.75) is 17.1 Å². The van der Waals surface area contributed by atoms with Crippen LogP contribution in [0.5, 0.6) is 0 Å². The van der Waals surface area contributed by atoms with Crippen LogP contribution in [0.25, 0.3) is 0 Å². The molecule has 2 aromatic rings. The summed E-state index contributed by atoms with van der Waals surface area (Å²) in [5.74, 6) is -2.14. The summed E-state index contributed by atoms with van der Waals surface area (Å²) >= 11 is 4.52. The molecule has 0 aromatic heterocycles. The van der Waals surface area contributed by atoms with Crippen LogP contribution < -0.4 is 10.6 Å². The lowest BCUT2D eigenvalue weighted by Gasteiger charge is -2.21. The van der Waals surface area contributed by atoms with Gasteiger partial charge in [0, 0.05) is 9.37 Å². The first-order chi connectivity index (χ1) is 12.8. The number of carbonyl (C=O) groups excluding carboxylic acids is 3. The van der Waals surface area contributed by atoms with Crippen molar-refractivity contribution in [3.63, 3.8) is 0 Å². The molecule has 2 N–H and O–H groups in total. The SMILES string of the molecule is CC1Sc2ccc(C(=O)OCC(=O)Nc3ccc(Br)cc3F)cc2NC1=O. The van der Waals surface area contributed by atoms with E-state index in [1.165, 1.54) is 30.0 Å². The highest BCUT2D eigenvalue weighted by molar-refractivity contribution is 9.10. The highest BCUT2D eigenvalue weighted by Crippen LogP contribution is 2.36. The molecule has 0 spiro atoms. The predicted molar refractivity (Wildman–Crippen MR) is 103 cm³/mol. The van der Waals surface area contributed by atoms with Gasteiger partial charge >= 0.3 is 5.97 Å². The number of rotatable bonds is 4. The van der Waals surface area contributed by atoms with Crippen molar-refractivity contribution in [2.24, 2.45) is 0 Å². The molecule has 0 aliphatic carbocycles. The van der Waals surface area contributed by atoms with Crippen molar-refractivity contribution >= 4 is 56.9 Å². The van der Waals surface area contributed by atoms with E-state index in [0.717, 1.165) is 4.90 Å². The molecule has 1 atom stereocenters. The van der Waals surface area contributed by atoms with E-state index in [2.05, 4.69) is 26.6 Å². The van der Waals surface area contributed by atoms with Crippen LogP contribution in [0.2, 0.25) is 0 Å². The molecule has 0 saturated carbocycles. The van der Waals surface area contributed by atoms with Crippen LogP contribution in [0.3, 0.4) is 0 Å². The Hall–Kier alpha value is -2.39. The van der Waals surface area contributed by atoms with Gasteiger partial charge in [-0.3, -0.25) is 9.59 Å². The van der Waals surface area contributed by atoms with Gasteiger partial charge in [0.25, 0.3) is 5.91 Å². The largest absolute Gasteiger partial charge is 0.452 e. The maximum atomic E-state index is 13.7. The number of carbonyl (C=O) groups is 3. The molecule has 0 fully saturated rings. The van der Waals surface area contributed by atoms with Crippen molar-refractivity contribution in [2.75, 3.05) is 17.2 Å². The number of halogens is 2. The molecule has 27 heavy (non-hydrogen) atoms. The first-order valence-corrected chi connectivity index (χ1v) is 9.54. The van der Waals surface area contributed by atoms with Crippen molar-refractivity contribution in [1.29, 1.82) is 0 Å². The maximum Gasteiger partial charge on any atom is 0.338 e. The van der Waals surface area contributed by atoms with Crippen LogP contribution in [0.15, 0.2) is 45.8 Å². The lowest BCUT2D eigenvalue weighted by Crippen LogP contribution is -2.26. The third kappa shape index (κ3) is 4.67. The minimum absolute atomic E-state index is 0.0121. The van der Waals surface area contributed by atoms with E-state index in [9.17, 15) is 18.8 Å². The second-order valence-electron chi connectivity index (χ2n) is 5.71. The summed E-state index contributed by atoms with van der Waals surface area (Å²) in [5.41, 5.74) is 0.715. The Balaban J connectivity index is 1.60. The summed E-state index contributed by atoms with van der Waals surface area (Å²) in [6, 6.07) is 8.95. The number of ether oxygens (including phenoxy) is 1. The molecule has 1 heterocycles. The lowest BCUT2D eigenvalue weighted by atomic mass is 10.2. The molecule has 6 nitrogen and oxygen atoms in total. The van der Waals surface area contributed by atoms with Crippen LogP contribution in [0.1, 0.15) is 17.3 Å². The summed E-state index contributed by atoms with van der Waals surface area (Å²) in [6.45, 7) is 1.22. The van der Waals surface area contributed by atoms with E-state index < -0.39 is 24.3 Å². The smallest absolute Gasteiger partial charge is 0.338 e. The highest BCUT2D eigenvalue weighted by Gasteiger charge is 2.24. The Morgan fingerprint density at radius 2 is 2.07 bits per heavy atom. The Bertz CT molecular complexity index is 938. The van der Waals surface area contributed by atoms with Gasteiger partial charge in [-0.25, -0.2) is 9.18 Å². The third-order valence-corrected chi connectivity index (χ3v) is 5.36. The minimum Gasteiger partial charge on any atom is -0.452 e. The molecular weight excluding hydrogens is 439 g/mol. The number of fused-ring (bicyclic) bond motifs is 1. The molecule has 2 amide bonds. The van der Waals surface area contributed by atoms with Crippen molar-refractivity contribution in [3.05, 3.63) is 52.3 Å². The van der Waals surface area contributed by atoms with Crippen LogP contribution in [0, 0.1) is 5.82 Å². The fourth-order valence-electron chi connectivity index (χ4n) is 2.33. The average molecular weight is 453 g/mol. The van der Waals surface area contributed by atoms with Gasteiger partial charge in [0.2, 0.25) is 5.91 Å². The summed E-state index contributed by atoms with van der Waals surface area (Å²) in [5, 5.41) is 4.84. The van der Waals surface area contributed by atoms with Crippen LogP contribution in [-0.2, 0) is 14.3 Å². The van der Waals surface area contributed by atoms with Crippen molar-refractivity contribution in [3.8, 4) is 0 Å². The van der Waals surface area contributed by atoms with Crippen LogP contribution in [-0.4, -0.2) is 29.6 Å². The quantitative estimate of drug-likeness (QED) is 0.688. The van der Waals surface area contributed by atoms with Crippen molar-refractivity contribution < 1.29 is 23.5 Å². The monoisotopic (exact) mass is 452 g/mol. The van der Waals surface area contributed by atoms with Gasteiger partial charge in [0.15, 0.2) is 6.61 Å². The molecular formula is C18H14BrFN2O4S. The molecule has 3 rings (SSSR count). The van der Waals surface area contributed by atoms with Crippen molar-refractivity contribution in [1.82, 2.24) is 0 Å². The van der Waals surface area contributed by atoms with Gasteiger partial charge in [-0.1, -0.05) is 15.9 Å². The Morgan fingerprint density at radius 3 is 2.81 bits per heavy atom. The fraction of sp³-hybridized carbons (Fsp3) is 0.167. The molecule has 9 heteroatoms. The molecule has 140 valence electrons. The zero-order valence-electron chi connectivity index (χ0n) is 14.0. The second-order valence-corrected chi connectivity index (χ2v) is 8.01. The maximum absolute atomic E-state index is 13.7. The topological polar surface area (TPSA) is 84.5 Å². The average Bonchev–Trinajstić information content (AvgIpc) is 2.62. The van der Waals surface area contributed by atoms with E-state index in [1.807, 2.05) is 0 Å². The second kappa shape index (κ2) is 8.10. The lowest BCUT2D eigenvalue weighted by molar-refractivity contribution is -0.119. The Kier molecular flexibility index (Phi) is 5.81. The normalized spacial score (nSPS) is 15.5. The van der Waals surface area contributed by atoms with E-state index >= 15 is 0 Å². The van der Waals surface area contributed by atoms with Gasteiger partial charge < -0.3 is 15.4 Å². The highest BCUT2D eigenvalue weighted by atomic mass is 79.9. The molecule has 0 bridgehead atoms. The minimum atomic E-state index is -0.720. The van der Waals surface area contributed by atoms with Gasteiger partial charge in [0.1, 0.15) is 5.82 Å². The van der Waals surface area contributed by atoms with Gasteiger partial charge in [-0.15, -0.1) is 11.8 Å². The summed E-state index contributed by atoms with van der Waals surface area (Å²) in [4.78, 5) is 36.6. The van der Waals surface area contributed by atoms with E-state index in [0.29, 0.717) is 10.2 Å².